The van der Waals surface area contributed by atoms with Crippen LogP contribution in [0.25, 0.3) is 0 Å². The molecule has 2 amide bonds. The Morgan fingerprint density at radius 1 is 1.38 bits per heavy atom. The van der Waals surface area contributed by atoms with Crippen LogP contribution in [-0.2, 0) is 6.54 Å². The number of carbonyl (C=O) groups is 2. The number of methoxy groups -OCH3 is 1. The monoisotopic (exact) mass is 302 g/mol. The number of carbonyl (C=O) groups excluding carboxylic acids is 2. The van der Waals surface area contributed by atoms with E-state index in [1.54, 1.807) is 37.3 Å². The quantitative estimate of drug-likeness (QED) is 0.887. The van der Waals surface area contributed by atoms with E-state index in [4.69, 9.17) is 4.74 Å². The predicted octanol–water partition coefficient (Wildman–Crippen LogP) is 2.97. The molecule has 6 heteroatoms. The van der Waals surface area contributed by atoms with E-state index >= 15 is 0 Å². The van der Waals surface area contributed by atoms with E-state index in [1.807, 2.05) is 11.4 Å². The Kier molecular flexibility index (Phi) is 3.39. The molecule has 0 aliphatic carbocycles. The minimum Gasteiger partial charge on any atom is -0.495 e. The van der Waals surface area contributed by atoms with Crippen molar-refractivity contribution in [1.29, 1.82) is 0 Å². The Morgan fingerprint density at radius 3 is 2.95 bits per heavy atom. The average molecular weight is 302 g/mol. The summed E-state index contributed by atoms with van der Waals surface area (Å²) in [7, 11) is 3.27. The first-order valence-electron chi connectivity index (χ1n) is 6.41. The first kappa shape index (κ1) is 13.6. The van der Waals surface area contributed by atoms with Crippen LogP contribution in [0, 0.1) is 0 Å². The lowest BCUT2D eigenvalue weighted by Gasteiger charge is -2.26. The van der Waals surface area contributed by atoms with Gasteiger partial charge in [-0.05, 0) is 35.2 Å². The van der Waals surface area contributed by atoms with Crippen molar-refractivity contribution in [3.05, 3.63) is 45.6 Å². The van der Waals surface area contributed by atoms with E-state index < -0.39 is 0 Å². The van der Waals surface area contributed by atoms with Gasteiger partial charge in [-0.2, -0.15) is 0 Å². The highest BCUT2D eigenvalue weighted by atomic mass is 32.1. The topological polar surface area (TPSA) is 58.6 Å². The Balaban J connectivity index is 1.96. The second kappa shape index (κ2) is 5.21. The fourth-order valence-electron chi connectivity index (χ4n) is 2.28. The third-order valence-corrected chi connectivity index (χ3v) is 4.31. The molecule has 1 aromatic carbocycles. The SMILES string of the molecule is COc1ccsc1C(=O)c1ccc2c(c1)CN(C)C(=O)N2. The lowest BCUT2D eigenvalue weighted by Crippen LogP contribution is -2.35. The van der Waals surface area contributed by atoms with Crippen molar-refractivity contribution in [2.45, 2.75) is 6.54 Å². The summed E-state index contributed by atoms with van der Waals surface area (Å²) in [4.78, 5) is 26.3. The van der Waals surface area contributed by atoms with E-state index in [0.29, 0.717) is 22.7 Å². The van der Waals surface area contributed by atoms with E-state index in [9.17, 15) is 9.59 Å². The molecule has 1 aliphatic heterocycles. The van der Waals surface area contributed by atoms with Crippen LogP contribution >= 0.6 is 11.3 Å². The Morgan fingerprint density at radius 2 is 2.19 bits per heavy atom. The van der Waals surface area contributed by atoms with Crippen molar-refractivity contribution < 1.29 is 14.3 Å². The number of urea groups is 1. The Bertz CT molecular complexity index is 723. The highest BCUT2D eigenvalue weighted by molar-refractivity contribution is 7.12. The molecule has 2 aromatic rings. The molecule has 108 valence electrons. The molecule has 2 heterocycles. The van der Waals surface area contributed by atoms with Crippen LogP contribution in [0.1, 0.15) is 20.8 Å². The van der Waals surface area contributed by atoms with Gasteiger partial charge in [-0.1, -0.05) is 0 Å². The second-order valence-corrected chi connectivity index (χ2v) is 5.72. The Hall–Kier alpha value is -2.34. The maximum absolute atomic E-state index is 12.5. The highest BCUT2D eigenvalue weighted by Gasteiger charge is 2.22. The van der Waals surface area contributed by atoms with Crippen LogP contribution in [0.4, 0.5) is 10.5 Å². The van der Waals surface area contributed by atoms with Crippen molar-refractivity contribution in [3.8, 4) is 5.75 Å². The lowest BCUT2D eigenvalue weighted by atomic mass is 10.0. The molecule has 0 bridgehead atoms. The number of nitrogens with one attached hydrogen (secondary N) is 1. The first-order chi connectivity index (χ1) is 10.1. The number of thiophene rings is 1. The summed E-state index contributed by atoms with van der Waals surface area (Å²) in [6.07, 6.45) is 0. The molecular formula is C15H14N2O3S. The van der Waals surface area contributed by atoms with Gasteiger partial charge < -0.3 is 15.0 Å². The van der Waals surface area contributed by atoms with Gasteiger partial charge in [-0.25, -0.2) is 4.79 Å². The zero-order chi connectivity index (χ0) is 15.0. The molecule has 5 nitrogen and oxygen atoms in total. The summed E-state index contributed by atoms with van der Waals surface area (Å²) >= 11 is 1.36. The van der Waals surface area contributed by atoms with E-state index in [-0.39, 0.29) is 11.8 Å². The molecule has 1 N–H and O–H groups in total. The fourth-order valence-corrected chi connectivity index (χ4v) is 3.10. The maximum atomic E-state index is 12.5. The molecule has 0 saturated heterocycles. The van der Waals surface area contributed by atoms with Gasteiger partial charge in [0.2, 0.25) is 5.78 Å². The maximum Gasteiger partial charge on any atom is 0.321 e. The molecule has 21 heavy (non-hydrogen) atoms. The van der Waals surface area contributed by atoms with Crippen molar-refractivity contribution in [3.63, 3.8) is 0 Å². The number of ether oxygens (including phenoxy) is 1. The molecule has 0 atom stereocenters. The number of fused-ring (bicyclic) bond motifs is 1. The predicted molar refractivity (Wildman–Crippen MR) is 81.2 cm³/mol. The van der Waals surface area contributed by atoms with E-state index in [0.717, 1.165) is 11.3 Å². The summed E-state index contributed by atoms with van der Waals surface area (Å²) < 4.78 is 5.20. The third-order valence-electron chi connectivity index (χ3n) is 3.42. The van der Waals surface area contributed by atoms with E-state index in [1.165, 1.54) is 11.3 Å². The van der Waals surface area contributed by atoms with Crippen molar-refractivity contribution in [2.24, 2.45) is 0 Å². The first-order valence-corrected chi connectivity index (χ1v) is 7.29. The normalized spacial score (nSPS) is 13.6. The van der Waals surface area contributed by atoms with Gasteiger partial charge in [-0.15, -0.1) is 11.3 Å². The zero-order valence-electron chi connectivity index (χ0n) is 11.7. The van der Waals surface area contributed by atoms with Gasteiger partial charge in [0.1, 0.15) is 10.6 Å². The van der Waals surface area contributed by atoms with Crippen molar-refractivity contribution in [2.75, 3.05) is 19.5 Å². The number of anilines is 1. The van der Waals surface area contributed by atoms with Crippen LogP contribution < -0.4 is 10.1 Å². The molecule has 0 spiro atoms. The molecule has 0 radical (unpaired) electrons. The zero-order valence-corrected chi connectivity index (χ0v) is 12.5. The number of amides is 2. The number of hydrogen-bond acceptors (Lipinski definition) is 4. The minimum atomic E-state index is -0.137. The Labute approximate surface area is 126 Å². The molecule has 0 fully saturated rings. The van der Waals surface area contributed by atoms with Gasteiger partial charge in [-0.3, -0.25) is 4.79 Å². The summed E-state index contributed by atoms with van der Waals surface area (Å²) in [5.41, 5.74) is 2.28. The van der Waals surface area contributed by atoms with E-state index in [2.05, 4.69) is 5.32 Å². The highest BCUT2D eigenvalue weighted by Crippen LogP contribution is 2.29. The smallest absolute Gasteiger partial charge is 0.321 e. The second-order valence-electron chi connectivity index (χ2n) is 4.81. The van der Waals surface area contributed by atoms with Gasteiger partial charge in [0.25, 0.3) is 0 Å². The summed E-state index contributed by atoms with van der Waals surface area (Å²) in [6, 6.07) is 6.97. The van der Waals surface area contributed by atoms with Gasteiger partial charge in [0, 0.05) is 24.8 Å². The summed E-state index contributed by atoms with van der Waals surface area (Å²) in [6.45, 7) is 0.490. The summed E-state index contributed by atoms with van der Waals surface area (Å²) in [5.74, 6) is 0.525. The van der Waals surface area contributed by atoms with Crippen molar-refractivity contribution >= 4 is 28.8 Å². The molecule has 3 rings (SSSR count). The number of ketones is 1. The van der Waals surface area contributed by atoms with Crippen LogP contribution in [0.5, 0.6) is 5.75 Å². The van der Waals surface area contributed by atoms with Crippen molar-refractivity contribution in [1.82, 2.24) is 4.90 Å². The van der Waals surface area contributed by atoms with Crippen LogP contribution in [0.15, 0.2) is 29.6 Å². The number of nitrogens with zero attached hydrogens (tertiary/aromatic N) is 1. The van der Waals surface area contributed by atoms with Gasteiger partial charge in [0.05, 0.1) is 7.11 Å². The molecule has 0 unspecified atom stereocenters. The molecule has 0 saturated carbocycles. The molecule has 1 aromatic heterocycles. The number of benzene rings is 1. The fraction of sp³-hybridized carbons (Fsp3) is 0.200. The number of hydrogen-bond donors (Lipinski definition) is 1. The largest absolute Gasteiger partial charge is 0.495 e. The third kappa shape index (κ3) is 2.38. The standard InChI is InChI=1S/C15H14N2O3S/c1-17-8-10-7-9(3-4-11(10)16-15(17)19)13(18)14-12(20-2)5-6-21-14/h3-7H,8H2,1-2H3,(H,16,19). The van der Waals surface area contributed by atoms with Crippen LogP contribution in [0.3, 0.4) is 0 Å². The summed E-state index contributed by atoms with van der Waals surface area (Å²) in [5, 5.41) is 4.62. The molecule has 1 aliphatic rings. The lowest BCUT2D eigenvalue weighted by molar-refractivity contribution is 0.104. The van der Waals surface area contributed by atoms with Gasteiger partial charge in [0.15, 0.2) is 0 Å². The number of rotatable bonds is 3. The minimum absolute atomic E-state index is 0.0656. The van der Waals surface area contributed by atoms with Crippen LogP contribution in [-0.4, -0.2) is 30.9 Å². The molecular weight excluding hydrogens is 288 g/mol. The average Bonchev–Trinajstić information content (AvgIpc) is 2.95. The van der Waals surface area contributed by atoms with Gasteiger partial charge >= 0.3 is 6.03 Å². The van der Waals surface area contributed by atoms with Crippen LogP contribution in [0.2, 0.25) is 0 Å².